The standard InChI is InChI=1S/C12H7Cl2F3N4S/c1-22-11-6(4-18)10(19)21(20-11)9-7(13)2-5(3-8(9)14)12(15,16)17/h2-3H,19H2,1H3. The van der Waals surface area contributed by atoms with E-state index in [1.165, 1.54) is 11.8 Å². The Hall–Kier alpha value is -1.56. The highest BCUT2D eigenvalue weighted by atomic mass is 35.5. The minimum absolute atomic E-state index is 0.00867. The predicted molar refractivity (Wildman–Crippen MR) is 79.5 cm³/mol. The summed E-state index contributed by atoms with van der Waals surface area (Å²) >= 11 is 13.0. The first kappa shape index (κ1) is 16.8. The van der Waals surface area contributed by atoms with Crippen molar-refractivity contribution in [3.05, 3.63) is 33.3 Å². The van der Waals surface area contributed by atoms with Gasteiger partial charge in [-0.3, -0.25) is 0 Å². The fraction of sp³-hybridized carbons (Fsp3) is 0.167. The molecule has 116 valence electrons. The molecule has 22 heavy (non-hydrogen) atoms. The van der Waals surface area contributed by atoms with Gasteiger partial charge in [0, 0.05) is 0 Å². The Morgan fingerprint density at radius 1 is 1.32 bits per heavy atom. The van der Waals surface area contributed by atoms with E-state index in [1.54, 1.807) is 6.26 Å². The van der Waals surface area contributed by atoms with Gasteiger partial charge in [0.15, 0.2) is 0 Å². The average molecular weight is 367 g/mol. The molecule has 4 nitrogen and oxygen atoms in total. The Morgan fingerprint density at radius 2 is 1.86 bits per heavy atom. The number of benzene rings is 1. The zero-order valence-corrected chi connectivity index (χ0v) is 13.2. The van der Waals surface area contributed by atoms with Gasteiger partial charge in [-0.05, 0) is 18.4 Å². The Labute approximate surface area is 137 Å². The van der Waals surface area contributed by atoms with Gasteiger partial charge in [0.1, 0.15) is 28.2 Å². The summed E-state index contributed by atoms with van der Waals surface area (Å²) in [6, 6.07) is 3.35. The summed E-state index contributed by atoms with van der Waals surface area (Å²) in [5, 5.41) is 12.9. The molecule has 0 amide bonds. The predicted octanol–water partition coefficient (Wildman–Crippen LogP) is 4.37. The van der Waals surface area contributed by atoms with Crippen molar-refractivity contribution in [1.29, 1.82) is 5.26 Å². The molecule has 1 heterocycles. The maximum absolute atomic E-state index is 12.7. The van der Waals surface area contributed by atoms with Crippen LogP contribution >= 0.6 is 35.0 Å². The van der Waals surface area contributed by atoms with Gasteiger partial charge in [0.25, 0.3) is 0 Å². The molecule has 0 unspecified atom stereocenters. The van der Waals surface area contributed by atoms with Crippen molar-refractivity contribution in [2.24, 2.45) is 0 Å². The first-order valence-corrected chi connectivity index (χ1v) is 7.58. The number of hydrogen-bond acceptors (Lipinski definition) is 4. The zero-order valence-electron chi connectivity index (χ0n) is 10.9. The van der Waals surface area contributed by atoms with Crippen molar-refractivity contribution in [2.45, 2.75) is 11.2 Å². The molecule has 2 rings (SSSR count). The molecule has 0 atom stereocenters. The Morgan fingerprint density at radius 3 is 2.23 bits per heavy atom. The number of hydrogen-bond donors (Lipinski definition) is 1. The summed E-state index contributed by atoms with van der Waals surface area (Å²) in [7, 11) is 0. The Bertz CT molecular complexity index is 757. The van der Waals surface area contributed by atoms with Crippen molar-refractivity contribution >= 4 is 40.8 Å². The molecule has 0 aliphatic rings. The number of halogens is 5. The van der Waals surface area contributed by atoms with Crippen LogP contribution in [0, 0.1) is 11.3 Å². The molecule has 0 saturated heterocycles. The summed E-state index contributed by atoms with van der Waals surface area (Å²) in [6.07, 6.45) is -2.90. The number of nitriles is 1. The summed E-state index contributed by atoms with van der Waals surface area (Å²) in [5.74, 6) is -0.0459. The largest absolute Gasteiger partial charge is 0.416 e. The van der Waals surface area contributed by atoms with E-state index in [2.05, 4.69) is 5.10 Å². The lowest BCUT2D eigenvalue weighted by Gasteiger charge is -2.13. The second kappa shape index (κ2) is 5.91. The van der Waals surface area contributed by atoms with Crippen molar-refractivity contribution in [1.82, 2.24) is 9.78 Å². The van der Waals surface area contributed by atoms with E-state index in [0.717, 1.165) is 16.8 Å². The van der Waals surface area contributed by atoms with Gasteiger partial charge in [0.05, 0.1) is 15.6 Å². The second-order valence-corrected chi connectivity index (χ2v) is 5.69. The summed E-state index contributed by atoms with van der Waals surface area (Å²) < 4.78 is 39.2. The van der Waals surface area contributed by atoms with Gasteiger partial charge < -0.3 is 5.73 Å². The Kier molecular flexibility index (Phi) is 4.52. The molecule has 0 fully saturated rings. The third-order valence-electron chi connectivity index (χ3n) is 2.75. The lowest BCUT2D eigenvalue weighted by molar-refractivity contribution is -0.137. The van der Waals surface area contributed by atoms with Gasteiger partial charge in [0.2, 0.25) is 0 Å². The average Bonchev–Trinajstić information content (AvgIpc) is 2.73. The molecule has 10 heteroatoms. The fourth-order valence-corrected chi connectivity index (χ4v) is 2.92. The van der Waals surface area contributed by atoms with Crippen LogP contribution in [-0.2, 0) is 6.18 Å². The number of nitrogens with two attached hydrogens (primary N) is 1. The molecule has 0 aliphatic heterocycles. The molecular formula is C12H7Cl2F3N4S. The minimum Gasteiger partial charge on any atom is -0.382 e. The van der Waals surface area contributed by atoms with E-state index in [4.69, 9.17) is 34.2 Å². The van der Waals surface area contributed by atoms with E-state index in [9.17, 15) is 13.2 Å². The molecule has 0 spiro atoms. The van der Waals surface area contributed by atoms with E-state index >= 15 is 0 Å². The van der Waals surface area contributed by atoms with Crippen molar-refractivity contribution < 1.29 is 13.2 Å². The van der Waals surface area contributed by atoms with Crippen molar-refractivity contribution in [3.63, 3.8) is 0 Å². The normalized spacial score (nSPS) is 11.5. The van der Waals surface area contributed by atoms with Crippen LogP contribution in [0.2, 0.25) is 10.0 Å². The van der Waals surface area contributed by atoms with Crippen LogP contribution < -0.4 is 5.73 Å². The quantitative estimate of drug-likeness (QED) is 0.801. The minimum atomic E-state index is -4.58. The number of nitrogens with zero attached hydrogens (tertiary/aromatic N) is 3. The number of nitrogen functional groups attached to an aromatic ring is 1. The van der Waals surface area contributed by atoms with E-state index in [0.29, 0.717) is 5.03 Å². The summed E-state index contributed by atoms with van der Waals surface area (Å²) in [4.78, 5) is 0. The number of alkyl halides is 3. The third kappa shape index (κ3) is 2.84. The van der Waals surface area contributed by atoms with Gasteiger partial charge in [-0.2, -0.15) is 23.5 Å². The van der Waals surface area contributed by atoms with E-state index in [-0.39, 0.29) is 27.1 Å². The zero-order chi connectivity index (χ0) is 16.7. The van der Waals surface area contributed by atoms with Crippen LogP contribution in [0.3, 0.4) is 0 Å². The highest BCUT2D eigenvalue weighted by molar-refractivity contribution is 7.98. The molecular weight excluding hydrogens is 360 g/mol. The number of anilines is 1. The molecule has 1 aromatic heterocycles. The SMILES string of the molecule is CSc1nn(-c2c(Cl)cc(C(F)(F)F)cc2Cl)c(N)c1C#N. The van der Waals surface area contributed by atoms with Crippen LogP contribution in [0.1, 0.15) is 11.1 Å². The highest BCUT2D eigenvalue weighted by Gasteiger charge is 2.32. The number of aromatic nitrogens is 2. The lowest BCUT2D eigenvalue weighted by atomic mass is 10.2. The summed E-state index contributed by atoms with van der Waals surface area (Å²) in [6.45, 7) is 0. The van der Waals surface area contributed by atoms with Crippen LogP contribution in [0.15, 0.2) is 17.2 Å². The monoisotopic (exact) mass is 366 g/mol. The number of rotatable bonds is 2. The fourth-order valence-electron chi connectivity index (χ4n) is 1.76. The Balaban J connectivity index is 2.70. The van der Waals surface area contributed by atoms with Crippen molar-refractivity contribution in [3.8, 4) is 11.8 Å². The van der Waals surface area contributed by atoms with Crippen LogP contribution in [-0.4, -0.2) is 16.0 Å². The molecule has 2 N–H and O–H groups in total. The topological polar surface area (TPSA) is 67.6 Å². The highest BCUT2D eigenvalue weighted by Crippen LogP contribution is 2.39. The third-order valence-corrected chi connectivity index (χ3v) is 4.00. The molecule has 0 saturated carbocycles. The maximum atomic E-state index is 12.7. The van der Waals surface area contributed by atoms with Gasteiger partial charge in [-0.1, -0.05) is 23.2 Å². The first-order chi connectivity index (χ1) is 10.2. The molecule has 0 aliphatic carbocycles. The van der Waals surface area contributed by atoms with E-state index < -0.39 is 11.7 Å². The number of thioether (sulfide) groups is 1. The van der Waals surface area contributed by atoms with E-state index in [1.807, 2.05) is 6.07 Å². The van der Waals surface area contributed by atoms with Crippen LogP contribution in [0.5, 0.6) is 0 Å². The second-order valence-electron chi connectivity index (χ2n) is 4.08. The van der Waals surface area contributed by atoms with Crippen LogP contribution in [0.25, 0.3) is 5.69 Å². The molecule has 2 aromatic rings. The first-order valence-electron chi connectivity index (χ1n) is 5.60. The summed E-state index contributed by atoms with van der Waals surface area (Å²) in [5.41, 5.74) is 4.93. The molecule has 0 bridgehead atoms. The smallest absolute Gasteiger partial charge is 0.382 e. The van der Waals surface area contributed by atoms with Crippen molar-refractivity contribution in [2.75, 3.05) is 12.0 Å². The molecule has 0 radical (unpaired) electrons. The van der Waals surface area contributed by atoms with Gasteiger partial charge in [-0.15, -0.1) is 11.8 Å². The van der Waals surface area contributed by atoms with Gasteiger partial charge in [-0.25, -0.2) is 4.68 Å². The lowest BCUT2D eigenvalue weighted by Crippen LogP contribution is -2.08. The van der Waals surface area contributed by atoms with Crippen LogP contribution in [0.4, 0.5) is 19.0 Å². The molecule has 1 aromatic carbocycles. The van der Waals surface area contributed by atoms with Gasteiger partial charge >= 0.3 is 6.18 Å². The maximum Gasteiger partial charge on any atom is 0.416 e.